The van der Waals surface area contributed by atoms with Crippen LogP contribution in [0.1, 0.15) is 24.8 Å². The molecule has 0 radical (unpaired) electrons. The average molecular weight is 279 g/mol. The molecule has 0 saturated heterocycles. The number of carbonyl (C=O) groups is 3. The van der Waals surface area contributed by atoms with Crippen LogP contribution >= 0.6 is 0 Å². The van der Waals surface area contributed by atoms with Gasteiger partial charge in [-0.15, -0.1) is 0 Å². The Morgan fingerprint density at radius 3 is 2.25 bits per heavy atom. The number of rotatable bonds is 8. The molecule has 1 aromatic rings. The molecule has 20 heavy (non-hydrogen) atoms. The van der Waals surface area contributed by atoms with Crippen molar-refractivity contribution in [3.05, 3.63) is 35.9 Å². The van der Waals surface area contributed by atoms with Crippen LogP contribution in [0.4, 0.5) is 0 Å². The number of carboxylic acid groups (broad SMARTS) is 2. The fourth-order valence-corrected chi connectivity index (χ4v) is 1.72. The first-order valence-electron chi connectivity index (χ1n) is 6.27. The third-order valence-corrected chi connectivity index (χ3v) is 2.71. The van der Waals surface area contributed by atoms with Crippen molar-refractivity contribution in [3.8, 4) is 0 Å². The van der Waals surface area contributed by atoms with Crippen molar-refractivity contribution < 1.29 is 24.6 Å². The minimum atomic E-state index is -1.11. The van der Waals surface area contributed by atoms with Gasteiger partial charge in [0.25, 0.3) is 0 Å². The summed E-state index contributed by atoms with van der Waals surface area (Å²) in [7, 11) is 0. The molecule has 0 unspecified atom stereocenters. The van der Waals surface area contributed by atoms with Crippen molar-refractivity contribution in [1.29, 1.82) is 0 Å². The molecule has 1 rings (SSSR count). The maximum atomic E-state index is 11.6. The van der Waals surface area contributed by atoms with Gasteiger partial charge in [-0.2, -0.15) is 0 Å². The number of hydrogen-bond acceptors (Lipinski definition) is 3. The summed E-state index contributed by atoms with van der Waals surface area (Å²) in [4.78, 5) is 33.0. The fraction of sp³-hybridized carbons (Fsp3) is 0.357. The molecule has 0 saturated carbocycles. The number of aliphatic carboxylic acids is 2. The Hall–Kier alpha value is -2.37. The number of carbonyl (C=O) groups excluding carboxylic acids is 1. The molecule has 0 aliphatic carbocycles. The van der Waals surface area contributed by atoms with Crippen molar-refractivity contribution in [2.75, 3.05) is 0 Å². The average Bonchev–Trinajstić information content (AvgIpc) is 2.38. The summed E-state index contributed by atoms with van der Waals surface area (Å²) >= 11 is 0. The molecule has 0 aliphatic rings. The molecule has 0 heterocycles. The molecule has 1 atom stereocenters. The highest BCUT2D eigenvalue weighted by molar-refractivity contribution is 5.84. The molecule has 0 aliphatic heterocycles. The summed E-state index contributed by atoms with van der Waals surface area (Å²) in [6, 6.07) is 7.98. The zero-order valence-corrected chi connectivity index (χ0v) is 10.9. The Balaban J connectivity index is 2.49. The SMILES string of the molecule is O=C(O)CCCC(=O)N[C@@H](Cc1ccccc1)C(=O)O. The molecular weight excluding hydrogens is 262 g/mol. The molecule has 0 aromatic heterocycles. The Bertz CT molecular complexity index is 472. The van der Waals surface area contributed by atoms with E-state index < -0.39 is 23.9 Å². The van der Waals surface area contributed by atoms with Crippen molar-refractivity contribution >= 4 is 17.8 Å². The normalized spacial score (nSPS) is 11.6. The summed E-state index contributed by atoms with van der Waals surface area (Å²) in [5.74, 6) is -2.54. The van der Waals surface area contributed by atoms with E-state index in [1.165, 1.54) is 0 Å². The Morgan fingerprint density at radius 2 is 1.70 bits per heavy atom. The van der Waals surface area contributed by atoms with Gasteiger partial charge in [0.2, 0.25) is 5.91 Å². The standard InChI is InChI=1S/C14H17NO5/c16-12(7-4-8-13(17)18)15-11(14(19)20)9-10-5-2-1-3-6-10/h1-3,5-6,11H,4,7-9H2,(H,15,16)(H,17,18)(H,19,20)/t11-/m0/s1. The molecule has 0 spiro atoms. The van der Waals surface area contributed by atoms with Crippen molar-refractivity contribution in [1.82, 2.24) is 5.32 Å². The van der Waals surface area contributed by atoms with Crippen LogP contribution in [-0.4, -0.2) is 34.1 Å². The number of amides is 1. The van der Waals surface area contributed by atoms with Gasteiger partial charge in [-0.3, -0.25) is 9.59 Å². The molecule has 3 N–H and O–H groups in total. The van der Waals surface area contributed by atoms with Crippen molar-refractivity contribution in [2.24, 2.45) is 0 Å². The maximum absolute atomic E-state index is 11.6. The summed E-state index contributed by atoms with van der Waals surface area (Å²) in [5.41, 5.74) is 0.811. The third-order valence-electron chi connectivity index (χ3n) is 2.71. The van der Waals surface area contributed by atoms with Crippen LogP contribution in [0.25, 0.3) is 0 Å². The number of hydrogen-bond donors (Lipinski definition) is 3. The third kappa shape index (κ3) is 5.99. The van der Waals surface area contributed by atoms with Crippen LogP contribution in [0, 0.1) is 0 Å². The van der Waals surface area contributed by atoms with Crippen LogP contribution in [0.2, 0.25) is 0 Å². The van der Waals surface area contributed by atoms with Crippen molar-refractivity contribution in [3.63, 3.8) is 0 Å². The van der Waals surface area contributed by atoms with E-state index in [2.05, 4.69) is 5.32 Å². The van der Waals surface area contributed by atoms with Gasteiger partial charge < -0.3 is 15.5 Å². The first-order chi connectivity index (χ1) is 9.49. The summed E-state index contributed by atoms with van der Waals surface area (Å²) in [6.45, 7) is 0. The first-order valence-corrected chi connectivity index (χ1v) is 6.27. The van der Waals surface area contributed by atoms with Gasteiger partial charge in [-0.25, -0.2) is 4.79 Å². The molecule has 1 aromatic carbocycles. The van der Waals surface area contributed by atoms with Gasteiger partial charge in [0, 0.05) is 19.3 Å². The maximum Gasteiger partial charge on any atom is 0.326 e. The second-order valence-electron chi connectivity index (χ2n) is 4.40. The fourth-order valence-electron chi connectivity index (χ4n) is 1.72. The highest BCUT2D eigenvalue weighted by Crippen LogP contribution is 2.04. The van der Waals surface area contributed by atoms with Gasteiger partial charge in [-0.05, 0) is 12.0 Å². The lowest BCUT2D eigenvalue weighted by Crippen LogP contribution is -2.42. The summed E-state index contributed by atoms with van der Waals surface area (Å²) in [6.07, 6.45) is 0.286. The van der Waals surface area contributed by atoms with Crippen molar-refractivity contribution in [2.45, 2.75) is 31.7 Å². The number of carboxylic acids is 2. The second kappa shape index (κ2) is 7.93. The largest absolute Gasteiger partial charge is 0.481 e. The predicted molar refractivity (Wildman–Crippen MR) is 71.2 cm³/mol. The highest BCUT2D eigenvalue weighted by Gasteiger charge is 2.20. The number of benzene rings is 1. The zero-order valence-electron chi connectivity index (χ0n) is 10.9. The van der Waals surface area contributed by atoms with Crippen LogP contribution < -0.4 is 5.32 Å². The Labute approximate surface area is 116 Å². The van der Waals surface area contributed by atoms with Crippen LogP contribution in [0.15, 0.2) is 30.3 Å². The Morgan fingerprint density at radius 1 is 1.05 bits per heavy atom. The minimum absolute atomic E-state index is 0.00483. The van der Waals surface area contributed by atoms with E-state index >= 15 is 0 Å². The van der Waals surface area contributed by atoms with Gasteiger partial charge in [-0.1, -0.05) is 30.3 Å². The molecule has 0 fully saturated rings. The molecule has 1 amide bonds. The van der Waals surface area contributed by atoms with Gasteiger partial charge in [0.1, 0.15) is 6.04 Å². The van der Waals surface area contributed by atoms with Crippen LogP contribution in [-0.2, 0) is 20.8 Å². The van der Waals surface area contributed by atoms with E-state index in [1.54, 1.807) is 24.3 Å². The van der Waals surface area contributed by atoms with Gasteiger partial charge in [0.15, 0.2) is 0 Å². The van der Waals surface area contributed by atoms with E-state index in [9.17, 15) is 14.4 Å². The van der Waals surface area contributed by atoms with Crippen LogP contribution in [0.5, 0.6) is 0 Å². The monoisotopic (exact) mass is 279 g/mol. The lowest BCUT2D eigenvalue weighted by molar-refractivity contribution is -0.142. The van der Waals surface area contributed by atoms with E-state index in [1.807, 2.05) is 6.07 Å². The smallest absolute Gasteiger partial charge is 0.326 e. The minimum Gasteiger partial charge on any atom is -0.481 e. The first kappa shape index (κ1) is 15.7. The lowest BCUT2D eigenvalue weighted by atomic mass is 10.1. The summed E-state index contributed by atoms with van der Waals surface area (Å²) in [5, 5.41) is 20.0. The van der Waals surface area contributed by atoms with Gasteiger partial charge >= 0.3 is 11.9 Å². The van der Waals surface area contributed by atoms with E-state index in [0.29, 0.717) is 0 Å². The molecule has 108 valence electrons. The zero-order chi connectivity index (χ0) is 15.0. The molecule has 6 nitrogen and oxygen atoms in total. The number of nitrogens with one attached hydrogen (secondary N) is 1. The van der Waals surface area contributed by atoms with E-state index in [4.69, 9.17) is 10.2 Å². The second-order valence-corrected chi connectivity index (χ2v) is 4.40. The van der Waals surface area contributed by atoms with Crippen LogP contribution in [0.3, 0.4) is 0 Å². The molecule has 0 bridgehead atoms. The van der Waals surface area contributed by atoms with Gasteiger partial charge in [0.05, 0.1) is 0 Å². The molecule has 6 heteroatoms. The Kier molecular flexibility index (Phi) is 6.22. The predicted octanol–water partition coefficient (Wildman–Crippen LogP) is 1.05. The summed E-state index contributed by atoms with van der Waals surface area (Å²) < 4.78 is 0. The quantitative estimate of drug-likeness (QED) is 0.660. The van der Waals surface area contributed by atoms with E-state index in [-0.39, 0.29) is 25.7 Å². The topological polar surface area (TPSA) is 104 Å². The highest BCUT2D eigenvalue weighted by atomic mass is 16.4. The van der Waals surface area contributed by atoms with E-state index in [0.717, 1.165) is 5.56 Å². The molecular formula is C14H17NO5. The lowest BCUT2D eigenvalue weighted by Gasteiger charge is -2.14.